The summed E-state index contributed by atoms with van der Waals surface area (Å²) in [6.45, 7) is 0.774. The first-order valence-corrected chi connectivity index (χ1v) is 11.5. The Labute approximate surface area is 202 Å². The molecule has 2 heterocycles. The first-order chi connectivity index (χ1) is 16.9. The van der Waals surface area contributed by atoms with Gasteiger partial charge in [0.15, 0.2) is 5.82 Å². The molecule has 4 rings (SSSR count). The lowest BCUT2D eigenvalue weighted by Gasteiger charge is -2.36. The Bertz CT molecular complexity index is 1020. The lowest BCUT2D eigenvalue weighted by atomic mass is 9.83. The van der Waals surface area contributed by atoms with Gasteiger partial charge in [-0.25, -0.2) is 0 Å². The molecule has 0 radical (unpaired) electrons. The molecular weight excluding hydrogens is 494 g/mol. The maximum Gasteiger partial charge on any atom is 0.416 e. The van der Waals surface area contributed by atoms with Gasteiger partial charge in [0.05, 0.1) is 11.1 Å². The van der Waals surface area contributed by atoms with Crippen LogP contribution < -0.4 is 5.32 Å². The molecule has 1 saturated heterocycles. The van der Waals surface area contributed by atoms with E-state index in [1.165, 1.54) is 0 Å². The monoisotopic (exact) mass is 520 g/mol. The van der Waals surface area contributed by atoms with Crippen LogP contribution in [-0.4, -0.2) is 63.8 Å². The first kappa shape index (κ1) is 26.3. The summed E-state index contributed by atoms with van der Waals surface area (Å²) in [6, 6.07) is 1.54. The van der Waals surface area contributed by atoms with E-state index < -0.39 is 41.3 Å². The Morgan fingerprint density at radius 1 is 1.08 bits per heavy atom. The van der Waals surface area contributed by atoms with Crippen LogP contribution in [0.3, 0.4) is 0 Å². The summed E-state index contributed by atoms with van der Waals surface area (Å²) in [5, 5.41) is 16.4. The van der Waals surface area contributed by atoms with Crippen molar-refractivity contribution in [3.63, 3.8) is 0 Å². The highest BCUT2D eigenvalue weighted by Gasteiger charge is 2.51. The van der Waals surface area contributed by atoms with Gasteiger partial charge in [-0.15, -0.1) is 10.2 Å². The predicted molar refractivity (Wildman–Crippen MR) is 113 cm³/mol. The number of hydrogen-bond donors (Lipinski definition) is 2. The molecule has 2 atom stereocenters. The number of ether oxygens (including phenoxy) is 1. The van der Waals surface area contributed by atoms with Crippen molar-refractivity contribution in [1.82, 2.24) is 30.8 Å². The Hall–Kier alpha value is -2.74. The fourth-order valence-corrected chi connectivity index (χ4v) is 5.11. The largest absolute Gasteiger partial charge is 0.416 e. The zero-order valence-electron chi connectivity index (χ0n) is 19.4. The molecule has 36 heavy (non-hydrogen) atoms. The van der Waals surface area contributed by atoms with E-state index in [0.29, 0.717) is 44.6 Å². The summed E-state index contributed by atoms with van der Waals surface area (Å²) < 4.78 is 84.7. The molecule has 14 heteroatoms. The molecule has 1 aromatic carbocycles. The van der Waals surface area contributed by atoms with Crippen LogP contribution >= 0.6 is 0 Å². The van der Waals surface area contributed by atoms with E-state index in [2.05, 4.69) is 30.8 Å². The number of carbonyl (C=O) groups excluding carboxylic acids is 1. The maximum absolute atomic E-state index is 13.4. The van der Waals surface area contributed by atoms with Gasteiger partial charge in [-0.05, 0) is 62.9 Å². The minimum absolute atomic E-state index is 0.00254. The molecule has 2 aliphatic rings. The van der Waals surface area contributed by atoms with Gasteiger partial charge in [0.25, 0.3) is 0 Å². The van der Waals surface area contributed by atoms with Crippen LogP contribution in [0.25, 0.3) is 0 Å². The van der Waals surface area contributed by atoms with Gasteiger partial charge in [0, 0.05) is 31.8 Å². The third kappa shape index (κ3) is 5.48. The topological polar surface area (TPSA) is 96.0 Å². The number of amides is 1. The van der Waals surface area contributed by atoms with E-state index in [1.807, 2.05) is 7.05 Å². The Morgan fingerprint density at radius 2 is 1.72 bits per heavy atom. The number of carbonyl (C=O) groups is 1. The zero-order valence-corrected chi connectivity index (χ0v) is 19.4. The molecule has 0 bridgehead atoms. The molecule has 0 spiro atoms. The van der Waals surface area contributed by atoms with Gasteiger partial charge in [-0.1, -0.05) is 5.21 Å². The third-order valence-electron chi connectivity index (χ3n) is 7.14. The molecular formula is C22H26F6N6O2. The molecule has 1 aliphatic heterocycles. The fourth-order valence-electron chi connectivity index (χ4n) is 5.11. The van der Waals surface area contributed by atoms with Crippen molar-refractivity contribution in [1.29, 1.82) is 0 Å². The van der Waals surface area contributed by atoms with Crippen LogP contribution in [-0.2, 0) is 33.8 Å². The molecule has 1 aliphatic carbocycles. The van der Waals surface area contributed by atoms with Crippen LogP contribution in [0.5, 0.6) is 0 Å². The summed E-state index contributed by atoms with van der Waals surface area (Å²) in [5.41, 5.74) is -4.41. The molecule has 1 amide bonds. The predicted octanol–water partition coefficient (Wildman–Crippen LogP) is 3.45. The van der Waals surface area contributed by atoms with Crippen LogP contribution in [0.4, 0.5) is 26.3 Å². The average Bonchev–Trinajstić information content (AvgIpc) is 3.52. The second kappa shape index (κ2) is 9.96. The quantitative estimate of drug-likeness (QED) is 0.567. The third-order valence-corrected chi connectivity index (χ3v) is 7.14. The number of nitrogens with one attached hydrogen (secondary N) is 2. The van der Waals surface area contributed by atoms with Crippen molar-refractivity contribution < 1.29 is 35.9 Å². The lowest BCUT2D eigenvalue weighted by molar-refractivity contribution is -0.143. The summed E-state index contributed by atoms with van der Waals surface area (Å²) in [7, 11) is 1.98. The van der Waals surface area contributed by atoms with Crippen molar-refractivity contribution in [2.24, 2.45) is 0 Å². The van der Waals surface area contributed by atoms with Crippen LogP contribution in [0.15, 0.2) is 18.2 Å². The van der Waals surface area contributed by atoms with Crippen LogP contribution in [0, 0.1) is 0 Å². The Balaban J connectivity index is 1.54. The van der Waals surface area contributed by atoms with Gasteiger partial charge in [0.2, 0.25) is 5.91 Å². The highest BCUT2D eigenvalue weighted by atomic mass is 19.4. The van der Waals surface area contributed by atoms with Gasteiger partial charge in [-0.2, -0.15) is 31.6 Å². The SMILES string of the molecule is CN(C1CCOCC1)C1CC[C@@](C(=O)NCc2cc(C(F)(F)F)cc(C(F)(F)F)c2)(c2nn[nH]n2)C1. The number of hydrogen-bond acceptors (Lipinski definition) is 6. The normalized spacial score (nSPS) is 23.8. The summed E-state index contributed by atoms with van der Waals surface area (Å²) in [6.07, 6.45) is -6.91. The molecule has 2 fully saturated rings. The number of halogens is 6. The highest BCUT2D eigenvalue weighted by Crippen LogP contribution is 2.43. The second-order valence-corrected chi connectivity index (χ2v) is 9.32. The van der Waals surface area contributed by atoms with Gasteiger partial charge >= 0.3 is 12.4 Å². The number of benzene rings is 1. The number of nitrogens with zero attached hydrogens (tertiary/aromatic N) is 4. The standard InChI is InChI=1S/C22H26F6N6O2/c1-34(16-3-6-36-7-4-16)17-2-5-20(11-17,18-30-32-33-31-18)19(35)29-12-13-8-14(21(23,24)25)10-15(9-13)22(26,27)28/h8-10,16-17H,2-7,11-12H2,1H3,(H,29,35)(H,30,31,32,33)/t17?,20-/m0/s1. The van der Waals surface area contributed by atoms with Crippen molar-refractivity contribution in [2.75, 3.05) is 20.3 Å². The number of aromatic nitrogens is 4. The first-order valence-electron chi connectivity index (χ1n) is 11.5. The molecule has 2 N–H and O–H groups in total. The summed E-state index contributed by atoms with van der Waals surface area (Å²) >= 11 is 0. The van der Waals surface area contributed by atoms with Gasteiger partial charge in [-0.3, -0.25) is 4.79 Å². The second-order valence-electron chi connectivity index (χ2n) is 9.32. The van der Waals surface area contributed by atoms with Crippen molar-refractivity contribution >= 4 is 5.91 Å². The van der Waals surface area contributed by atoms with E-state index >= 15 is 0 Å². The van der Waals surface area contributed by atoms with Crippen LogP contribution in [0.2, 0.25) is 0 Å². The molecule has 8 nitrogen and oxygen atoms in total. The highest BCUT2D eigenvalue weighted by molar-refractivity contribution is 5.87. The number of aromatic amines is 1. The van der Waals surface area contributed by atoms with Gasteiger partial charge in [0.1, 0.15) is 5.41 Å². The van der Waals surface area contributed by atoms with E-state index in [1.54, 1.807) is 0 Å². The summed E-state index contributed by atoms with van der Waals surface area (Å²) in [4.78, 5) is 15.6. The number of H-pyrrole nitrogens is 1. The maximum atomic E-state index is 13.4. The minimum Gasteiger partial charge on any atom is -0.381 e. The lowest BCUT2D eigenvalue weighted by Crippen LogP contribution is -2.46. The molecule has 1 saturated carbocycles. The summed E-state index contributed by atoms with van der Waals surface area (Å²) in [5.74, 6) is -0.430. The number of rotatable bonds is 6. The van der Waals surface area contributed by atoms with Crippen LogP contribution in [0.1, 0.15) is 54.6 Å². The zero-order chi connectivity index (χ0) is 26.1. The molecule has 1 unspecified atom stereocenters. The van der Waals surface area contributed by atoms with Gasteiger partial charge < -0.3 is 15.0 Å². The van der Waals surface area contributed by atoms with E-state index in [9.17, 15) is 31.1 Å². The number of alkyl halides is 6. The molecule has 2 aromatic rings. The van der Waals surface area contributed by atoms with Crippen molar-refractivity contribution in [2.45, 2.75) is 68.5 Å². The van der Waals surface area contributed by atoms with Crippen molar-refractivity contribution in [3.05, 3.63) is 40.7 Å². The average molecular weight is 520 g/mol. The smallest absolute Gasteiger partial charge is 0.381 e. The number of tetrazole rings is 1. The van der Waals surface area contributed by atoms with E-state index in [0.717, 1.165) is 12.8 Å². The fraction of sp³-hybridized carbons (Fsp3) is 0.636. The van der Waals surface area contributed by atoms with E-state index in [4.69, 9.17) is 4.74 Å². The Kier molecular flexibility index (Phi) is 7.28. The molecule has 1 aromatic heterocycles. The van der Waals surface area contributed by atoms with Crippen molar-refractivity contribution in [3.8, 4) is 0 Å². The van der Waals surface area contributed by atoms with E-state index in [-0.39, 0.29) is 29.5 Å². The minimum atomic E-state index is -4.97. The Morgan fingerprint density at radius 3 is 2.28 bits per heavy atom. The molecule has 198 valence electrons.